The van der Waals surface area contributed by atoms with Gasteiger partial charge in [-0.2, -0.15) is 11.3 Å². The van der Waals surface area contributed by atoms with Crippen molar-refractivity contribution in [3.05, 3.63) is 46.2 Å². The molecule has 106 valence electrons. The molecule has 0 radical (unpaired) electrons. The van der Waals surface area contributed by atoms with Gasteiger partial charge in [-0.25, -0.2) is 4.79 Å². The second-order valence-electron chi connectivity index (χ2n) is 4.45. The highest BCUT2D eigenvalue weighted by Crippen LogP contribution is 2.27. The van der Waals surface area contributed by atoms with Gasteiger partial charge in [0.05, 0.1) is 23.5 Å². The van der Waals surface area contributed by atoms with Crippen molar-refractivity contribution in [2.45, 2.75) is 13.5 Å². The second kappa shape index (κ2) is 6.43. The lowest BCUT2D eigenvalue weighted by Crippen LogP contribution is -2.19. The second-order valence-corrected chi connectivity index (χ2v) is 5.23. The van der Waals surface area contributed by atoms with Gasteiger partial charge in [0.1, 0.15) is 0 Å². The molecule has 0 fully saturated rings. The van der Waals surface area contributed by atoms with E-state index in [1.54, 1.807) is 24.3 Å². The molecular weight excluding hydrogens is 272 g/mol. The first-order valence-corrected chi connectivity index (χ1v) is 7.35. The van der Waals surface area contributed by atoms with E-state index in [1.807, 2.05) is 29.5 Å². The Hall–Kier alpha value is -2.01. The standard InChI is InChI=1S/C15H18N2O2S/c1-3-19-15(18)12-5-4-6-13(14(12)16)17(2)9-11-7-8-20-10-11/h4-8,10H,3,9,16H2,1-2H3. The lowest BCUT2D eigenvalue weighted by molar-refractivity contribution is 0.0527. The zero-order valence-electron chi connectivity index (χ0n) is 11.6. The van der Waals surface area contributed by atoms with Gasteiger partial charge in [0, 0.05) is 13.6 Å². The lowest BCUT2D eigenvalue weighted by Gasteiger charge is -2.21. The highest BCUT2D eigenvalue weighted by Gasteiger charge is 2.15. The van der Waals surface area contributed by atoms with Crippen molar-refractivity contribution in [2.75, 3.05) is 24.3 Å². The zero-order chi connectivity index (χ0) is 14.5. The molecule has 0 aliphatic rings. The Kier molecular flexibility index (Phi) is 4.63. The third-order valence-corrected chi connectivity index (χ3v) is 3.72. The van der Waals surface area contributed by atoms with Crippen LogP contribution in [-0.2, 0) is 11.3 Å². The molecule has 0 aliphatic heterocycles. The molecule has 4 nitrogen and oxygen atoms in total. The number of carbonyl (C=O) groups is 1. The number of para-hydroxylation sites is 1. The molecule has 2 aromatic rings. The number of hydrogen-bond donors (Lipinski definition) is 1. The molecule has 0 atom stereocenters. The van der Waals surface area contributed by atoms with E-state index in [9.17, 15) is 4.79 Å². The first kappa shape index (κ1) is 14.4. The Morgan fingerprint density at radius 3 is 2.85 bits per heavy atom. The van der Waals surface area contributed by atoms with Crippen molar-refractivity contribution >= 4 is 28.7 Å². The summed E-state index contributed by atoms with van der Waals surface area (Å²) in [4.78, 5) is 13.9. The normalized spacial score (nSPS) is 10.3. The number of nitrogen functional groups attached to an aromatic ring is 1. The Labute approximate surface area is 122 Å². The summed E-state index contributed by atoms with van der Waals surface area (Å²) >= 11 is 1.66. The van der Waals surface area contributed by atoms with Crippen LogP contribution in [-0.4, -0.2) is 19.6 Å². The molecule has 1 aromatic carbocycles. The predicted octanol–water partition coefficient (Wildman–Crippen LogP) is 3.14. The van der Waals surface area contributed by atoms with Crippen LogP contribution >= 0.6 is 11.3 Å². The van der Waals surface area contributed by atoms with Gasteiger partial charge in [-0.3, -0.25) is 0 Å². The number of rotatable bonds is 5. The molecule has 2 rings (SSSR count). The Morgan fingerprint density at radius 2 is 2.20 bits per heavy atom. The molecule has 0 bridgehead atoms. The number of benzene rings is 1. The molecule has 1 aromatic heterocycles. The van der Waals surface area contributed by atoms with E-state index in [0.29, 0.717) is 17.9 Å². The monoisotopic (exact) mass is 290 g/mol. The number of anilines is 2. The summed E-state index contributed by atoms with van der Waals surface area (Å²) in [6, 6.07) is 7.49. The largest absolute Gasteiger partial charge is 0.462 e. The van der Waals surface area contributed by atoms with Crippen molar-refractivity contribution in [2.24, 2.45) is 0 Å². The summed E-state index contributed by atoms with van der Waals surface area (Å²) in [5.74, 6) is -0.379. The molecule has 20 heavy (non-hydrogen) atoms. The number of nitrogens with zero attached hydrogens (tertiary/aromatic N) is 1. The third-order valence-electron chi connectivity index (χ3n) is 2.99. The summed E-state index contributed by atoms with van der Waals surface area (Å²) in [7, 11) is 1.96. The van der Waals surface area contributed by atoms with Crippen LogP contribution in [0.2, 0.25) is 0 Å². The van der Waals surface area contributed by atoms with E-state index >= 15 is 0 Å². The van der Waals surface area contributed by atoms with Gasteiger partial charge >= 0.3 is 5.97 Å². The molecule has 1 heterocycles. The number of nitrogens with two attached hydrogens (primary N) is 1. The molecule has 5 heteroatoms. The SMILES string of the molecule is CCOC(=O)c1cccc(N(C)Cc2ccsc2)c1N. The molecule has 0 unspecified atom stereocenters. The Bertz CT molecular complexity index is 582. The molecule has 0 aliphatic carbocycles. The molecule has 0 amide bonds. The first-order chi connectivity index (χ1) is 9.63. The quantitative estimate of drug-likeness (QED) is 0.679. The zero-order valence-corrected chi connectivity index (χ0v) is 12.4. The van der Waals surface area contributed by atoms with E-state index in [4.69, 9.17) is 10.5 Å². The third kappa shape index (κ3) is 3.11. The van der Waals surface area contributed by atoms with Gasteiger partial charge in [-0.05, 0) is 41.4 Å². The van der Waals surface area contributed by atoms with Crippen LogP contribution in [0.25, 0.3) is 0 Å². The van der Waals surface area contributed by atoms with Gasteiger partial charge < -0.3 is 15.4 Å². The van der Waals surface area contributed by atoms with E-state index in [-0.39, 0.29) is 5.97 Å². The Balaban J connectivity index is 2.23. The average molecular weight is 290 g/mol. The molecule has 2 N–H and O–H groups in total. The van der Waals surface area contributed by atoms with Crippen LogP contribution in [0.3, 0.4) is 0 Å². The minimum atomic E-state index is -0.379. The van der Waals surface area contributed by atoms with Crippen molar-refractivity contribution < 1.29 is 9.53 Å². The van der Waals surface area contributed by atoms with Crippen LogP contribution in [0, 0.1) is 0 Å². The average Bonchev–Trinajstić information content (AvgIpc) is 2.92. The summed E-state index contributed by atoms with van der Waals surface area (Å²) in [5.41, 5.74) is 9.04. The highest BCUT2D eigenvalue weighted by atomic mass is 32.1. The van der Waals surface area contributed by atoms with Crippen molar-refractivity contribution in [3.63, 3.8) is 0 Å². The van der Waals surface area contributed by atoms with Crippen LogP contribution in [0.15, 0.2) is 35.0 Å². The number of carbonyl (C=O) groups excluding carboxylic acids is 1. The summed E-state index contributed by atoms with van der Waals surface area (Å²) < 4.78 is 5.01. The molecule has 0 saturated carbocycles. The smallest absolute Gasteiger partial charge is 0.340 e. The maximum Gasteiger partial charge on any atom is 0.340 e. The van der Waals surface area contributed by atoms with E-state index in [0.717, 1.165) is 12.2 Å². The van der Waals surface area contributed by atoms with Gasteiger partial charge in [-0.15, -0.1) is 0 Å². The van der Waals surface area contributed by atoms with E-state index in [1.165, 1.54) is 5.56 Å². The summed E-state index contributed by atoms with van der Waals surface area (Å²) in [5, 5.41) is 4.14. The van der Waals surface area contributed by atoms with E-state index < -0.39 is 0 Å². The first-order valence-electron chi connectivity index (χ1n) is 6.41. The Morgan fingerprint density at radius 1 is 1.40 bits per heavy atom. The van der Waals surface area contributed by atoms with Gasteiger partial charge in [0.15, 0.2) is 0 Å². The number of thiophene rings is 1. The lowest BCUT2D eigenvalue weighted by atomic mass is 10.1. The van der Waals surface area contributed by atoms with Crippen LogP contribution in [0.4, 0.5) is 11.4 Å². The number of esters is 1. The summed E-state index contributed by atoms with van der Waals surface area (Å²) in [6.07, 6.45) is 0. The molecule has 0 spiro atoms. The van der Waals surface area contributed by atoms with E-state index in [2.05, 4.69) is 11.4 Å². The minimum Gasteiger partial charge on any atom is -0.462 e. The minimum absolute atomic E-state index is 0.341. The van der Waals surface area contributed by atoms with Crippen LogP contribution in [0.1, 0.15) is 22.8 Å². The van der Waals surface area contributed by atoms with Gasteiger partial charge in [0.25, 0.3) is 0 Å². The number of hydrogen-bond acceptors (Lipinski definition) is 5. The molecule has 0 saturated heterocycles. The van der Waals surface area contributed by atoms with Crippen molar-refractivity contribution in [1.29, 1.82) is 0 Å². The maximum absolute atomic E-state index is 11.8. The fraction of sp³-hybridized carbons (Fsp3) is 0.267. The van der Waals surface area contributed by atoms with Crippen molar-refractivity contribution in [3.8, 4) is 0 Å². The topological polar surface area (TPSA) is 55.6 Å². The fourth-order valence-electron chi connectivity index (χ4n) is 2.01. The van der Waals surface area contributed by atoms with Gasteiger partial charge in [-0.1, -0.05) is 6.07 Å². The van der Waals surface area contributed by atoms with Crippen LogP contribution < -0.4 is 10.6 Å². The van der Waals surface area contributed by atoms with Gasteiger partial charge in [0.2, 0.25) is 0 Å². The van der Waals surface area contributed by atoms with Crippen LogP contribution in [0.5, 0.6) is 0 Å². The highest BCUT2D eigenvalue weighted by molar-refractivity contribution is 7.07. The fourth-order valence-corrected chi connectivity index (χ4v) is 2.67. The van der Waals surface area contributed by atoms with Crippen molar-refractivity contribution in [1.82, 2.24) is 0 Å². The maximum atomic E-state index is 11.8. The summed E-state index contributed by atoms with van der Waals surface area (Å²) in [6.45, 7) is 2.87. The predicted molar refractivity (Wildman–Crippen MR) is 83.2 cm³/mol. The number of ether oxygens (including phenoxy) is 1. The molecular formula is C15H18N2O2S.